The minimum Gasteiger partial charge on any atom is -0.394 e. The summed E-state index contributed by atoms with van der Waals surface area (Å²) in [5.74, 6) is -0.211. The van der Waals surface area contributed by atoms with E-state index in [0.29, 0.717) is 18.4 Å². The van der Waals surface area contributed by atoms with E-state index in [4.69, 9.17) is 0 Å². The lowest BCUT2D eigenvalue weighted by atomic mass is 9.95. The fraction of sp³-hybridized carbons (Fsp3) is 0.208. The van der Waals surface area contributed by atoms with Crippen molar-refractivity contribution in [2.24, 2.45) is 0 Å². The predicted octanol–water partition coefficient (Wildman–Crippen LogP) is 3.72. The molecule has 0 atom stereocenters. The fourth-order valence-electron chi connectivity index (χ4n) is 3.84. The van der Waals surface area contributed by atoms with Crippen molar-refractivity contribution in [1.29, 1.82) is 0 Å². The minimum absolute atomic E-state index is 0.104. The standard InChI is InChI=1S/C24H23NO4S/c1-30(28,29)20-10-7-17(8-11-20)21-6-4-5-18-15-19(9-12-22(18)21)23(27)25-24(16-26)13-2-3-14-24/h2-12,15,26H,13-14,16H2,1H3,(H,25,27). The van der Waals surface area contributed by atoms with Gasteiger partial charge in [-0.05, 0) is 59.0 Å². The second-order valence-corrected chi connectivity index (χ2v) is 9.83. The highest BCUT2D eigenvalue weighted by Gasteiger charge is 2.32. The maximum Gasteiger partial charge on any atom is 0.251 e. The summed E-state index contributed by atoms with van der Waals surface area (Å²) in [6, 6.07) is 18.2. The van der Waals surface area contributed by atoms with Gasteiger partial charge in [0.15, 0.2) is 9.84 Å². The molecule has 0 fully saturated rings. The number of carbonyl (C=O) groups is 1. The first kappa shape index (κ1) is 20.3. The van der Waals surface area contributed by atoms with Crippen LogP contribution < -0.4 is 5.32 Å². The molecular formula is C24H23NO4S. The monoisotopic (exact) mass is 421 g/mol. The molecule has 0 bridgehead atoms. The molecule has 0 heterocycles. The van der Waals surface area contributed by atoms with Gasteiger partial charge in [0.2, 0.25) is 0 Å². The van der Waals surface area contributed by atoms with Gasteiger partial charge in [-0.1, -0.05) is 48.6 Å². The van der Waals surface area contributed by atoms with Crippen LogP contribution in [0.25, 0.3) is 21.9 Å². The number of benzene rings is 3. The van der Waals surface area contributed by atoms with Crippen molar-refractivity contribution in [3.8, 4) is 11.1 Å². The number of amides is 1. The maximum absolute atomic E-state index is 12.8. The van der Waals surface area contributed by atoms with Crippen LogP contribution in [0.15, 0.2) is 77.7 Å². The number of carbonyl (C=O) groups excluding carboxylic acids is 1. The molecule has 1 amide bonds. The molecule has 0 unspecified atom stereocenters. The molecule has 0 radical (unpaired) electrons. The Hall–Kier alpha value is -2.96. The van der Waals surface area contributed by atoms with Gasteiger partial charge >= 0.3 is 0 Å². The van der Waals surface area contributed by atoms with Crippen molar-refractivity contribution in [1.82, 2.24) is 5.32 Å². The lowest BCUT2D eigenvalue weighted by Crippen LogP contribution is -2.49. The number of hydrogen-bond acceptors (Lipinski definition) is 4. The second-order valence-electron chi connectivity index (χ2n) is 7.81. The summed E-state index contributed by atoms with van der Waals surface area (Å²) in [5, 5.41) is 14.6. The number of hydrogen-bond donors (Lipinski definition) is 2. The van der Waals surface area contributed by atoms with Crippen LogP contribution in [0.1, 0.15) is 23.2 Å². The van der Waals surface area contributed by atoms with E-state index in [1.165, 1.54) is 6.26 Å². The molecule has 2 N–H and O–H groups in total. The molecule has 5 nitrogen and oxygen atoms in total. The number of rotatable bonds is 5. The van der Waals surface area contributed by atoms with E-state index in [1.807, 2.05) is 42.5 Å². The molecule has 1 aliphatic rings. The molecule has 0 saturated carbocycles. The summed E-state index contributed by atoms with van der Waals surface area (Å²) in [7, 11) is -3.24. The third-order valence-corrected chi connectivity index (χ3v) is 6.73. The summed E-state index contributed by atoms with van der Waals surface area (Å²) in [6.45, 7) is -0.104. The van der Waals surface area contributed by atoms with Gasteiger partial charge in [-0.2, -0.15) is 0 Å². The molecular weight excluding hydrogens is 398 g/mol. The van der Waals surface area contributed by atoms with Gasteiger partial charge in [-0.3, -0.25) is 4.79 Å². The summed E-state index contributed by atoms with van der Waals surface area (Å²) < 4.78 is 23.4. The Bertz CT molecular complexity index is 1240. The number of nitrogens with one attached hydrogen (secondary N) is 1. The van der Waals surface area contributed by atoms with Crippen LogP contribution in [0.3, 0.4) is 0 Å². The van der Waals surface area contributed by atoms with Gasteiger partial charge in [0.1, 0.15) is 0 Å². The minimum atomic E-state index is -3.24. The SMILES string of the molecule is CS(=O)(=O)c1ccc(-c2cccc3cc(C(=O)NC4(CO)CC=CC4)ccc23)cc1. The van der Waals surface area contributed by atoms with E-state index in [0.717, 1.165) is 21.9 Å². The summed E-state index contributed by atoms with van der Waals surface area (Å²) in [6.07, 6.45) is 6.37. The molecule has 0 aliphatic heterocycles. The normalized spacial score (nSPS) is 15.4. The number of aliphatic hydroxyl groups excluding tert-OH is 1. The van der Waals surface area contributed by atoms with Gasteiger partial charge in [0.25, 0.3) is 5.91 Å². The highest BCUT2D eigenvalue weighted by Crippen LogP contribution is 2.30. The summed E-state index contributed by atoms with van der Waals surface area (Å²) >= 11 is 0. The van der Waals surface area contributed by atoms with E-state index >= 15 is 0 Å². The number of sulfone groups is 1. The van der Waals surface area contributed by atoms with Gasteiger partial charge in [-0.25, -0.2) is 8.42 Å². The fourth-order valence-corrected chi connectivity index (χ4v) is 4.47. The average Bonchev–Trinajstić information content (AvgIpc) is 3.21. The molecule has 154 valence electrons. The van der Waals surface area contributed by atoms with Gasteiger partial charge < -0.3 is 10.4 Å². The van der Waals surface area contributed by atoms with Crippen molar-refractivity contribution in [2.45, 2.75) is 23.3 Å². The van der Waals surface area contributed by atoms with Crippen molar-refractivity contribution >= 4 is 26.5 Å². The van der Waals surface area contributed by atoms with E-state index in [-0.39, 0.29) is 17.4 Å². The maximum atomic E-state index is 12.8. The van der Waals surface area contributed by atoms with Crippen molar-refractivity contribution < 1.29 is 18.3 Å². The topological polar surface area (TPSA) is 83.5 Å². The van der Waals surface area contributed by atoms with Crippen molar-refractivity contribution in [3.05, 3.63) is 78.4 Å². The molecule has 0 spiro atoms. The zero-order chi connectivity index (χ0) is 21.4. The first-order chi connectivity index (χ1) is 14.3. The molecule has 1 aliphatic carbocycles. The highest BCUT2D eigenvalue weighted by molar-refractivity contribution is 7.90. The van der Waals surface area contributed by atoms with E-state index in [2.05, 4.69) is 5.32 Å². The number of aliphatic hydroxyl groups is 1. The summed E-state index contributed by atoms with van der Waals surface area (Å²) in [5.41, 5.74) is 1.79. The predicted molar refractivity (Wildman–Crippen MR) is 118 cm³/mol. The van der Waals surface area contributed by atoms with Crippen LogP contribution in [0.5, 0.6) is 0 Å². The first-order valence-corrected chi connectivity index (χ1v) is 11.6. The van der Waals surface area contributed by atoms with Gasteiger partial charge in [0.05, 0.1) is 17.0 Å². The third-order valence-electron chi connectivity index (χ3n) is 5.60. The quantitative estimate of drug-likeness (QED) is 0.615. The third kappa shape index (κ3) is 3.88. The molecule has 3 aromatic rings. The zero-order valence-electron chi connectivity index (χ0n) is 16.6. The van der Waals surface area contributed by atoms with Gasteiger partial charge in [0, 0.05) is 11.8 Å². The molecule has 30 heavy (non-hydrogen) atoms. The molecule has 3 aromatic carbocycles. The Morgan fingerprint density at radius 1 is 1.03 bits per heavy atom. The van der Waals surface area contributed by atoms with Crippen molar-refractivity contribution in [3.63, 3.8) is 0 Å². The molecule has 4 rings (SSSR count). The Morgan fingerprint density at radius 2 is 1.73 bits per heavy atom. The lowest BCUT2D eigenvalue weighted by Gasteiger charge is -2.28. The van der Waals surface area contributed by atoms with Crippen LogP contribution in [0.4, 0.5) is 0 Å². The average molecular weight is 422 g/mol. The van der Waals surface area contributed by atoms with Gasteiger partial charge in [-0.15, -0.1) is 0 Å². The first-order valence-electron chi connectivity index (χ1n) is 9.73. The van der Waals surface area contributed by atoms with E-state index in [9.17, 15) is 18.3 Å². The highest BCUT2D eigenvalue weighted by atomic mass is 32.2. The van der Waals surface area contributed by atoms with E-state index in [1.54, 1.807) is 30.3 Å². The Balaban J connectivity index is 1.66. The van der Waals surface area contributed by atoms with Crippen LogP contribution in [0, 0.1) is 0 Å². The Kier molecular flexibility index (Phi) is 5.22. The summed E-state index contributed by atoms with van der Waals surface area (Å²) in [4.78, 5) is 13.1. The second kappa shape index (κ2) is 7.70. The largest absolute Gasteiger partial charge is 0.394 e. The molecule has 0 saturated heterocycles. The number of fused-ring (bicyclic) bond motifs is 1. The van der Waals surface area contributed by atoms with Crippen LogP contribution in [0.2, 0.25) is 0 Å². The van der Waals surface area contributed by atoms with Crippen molar-refractivity contribution in [2.75, 3.05) is 12.9 Å². The van der Waals surface area contributed by atoms with Crippen LogP contribution in [-0.2, 0) is 9.84 Å². The smallest absolute Gasteiger partial charge is 0.251 e. The van der Waals surface area contributed by atoms with Crippen LogP contribution >= 0.6 is 0 Å². The van der Waals surface area contributed by atoms with Crippen LogP contribution in [-0.4, -0.2) is 37.8 Å². The molecule has 6 heteroatoms. The zero-order valence-corrected chi connectivity index (χ0v) is 17.4. The Labute approximate surface area is 176 Å². The van der Waals surface area contributed by atoms with E-state index < -0.39 is 15.4 Å². The molecule has 0 aromatic heterocycles. The Morgan fingerprint density at radius 3 is 2.37 bits per heavy atom. The lowest BCUT2D eigenvalue weighted by molar-refractivity contribution is 0.0845.